The van der Waals surface area contributed by atoms with E-state index in [1.165, 1.54) is 53.3 Å². The minimum atomic E-state index is 0.653. The SMILES string of the molecule is c1ccc(CCN2CCC(c3nc4ccccc4s3)CC2)cc1. The number of nitrogens with zero attached hydrogens (tertiary/aromatic N) is 2. The second kappa shape index (κ2) is 6.81. The van der Waals surface area contributed by atoms with Gasteiger partial charge in [-0.1, -0.05) is 42.5 Å². The fourth-order valence-electron chi connectivity index (χ4n) is 3.40. The Hall–Kier alpha value is -1.71. The Kier molecular flexibility index (Phi) is 4.40. The molecule has 0 saturated carbocycles. The second-order valence-electron chi connectivity index (χ2n) is 6.37. The molecule has 3 heteroatoms. The number of rotatable bonds is 4. The number of fused-ring (bicyclic) bond motifs is 1. The van der Waals surface area contributed by atoms with E-state index in [0.717, 1.165) is 6.42 Å². The maximum absolute atomic E-state index is 4.86. The van der Waals surface area contributed by atoms with E-state index in [0.29, 0.717) is 5.92 Å². The van der Waals surface area contributed by atoms with Crippen molar-refractivity contribution in [2.45, 2.75) is 25.2 Å². The van der Waals surface area contributed by atoms with E-state index in [-0.39, 0.29) is 0 Å². The molecule has 1 fully saturated rings. The van der Waals surface area contributed by atoms with Gasteiger partial charge in [0.1, 0.15) is 0 Å². The molecule has 0 aliphatic carbocycles. The first-order chi connectivity index (χ1) is 11.4. The average Bonchev–Trinajstić information content (AvgIpc) is 3.05. The first-order valence-corrected chi connectivity index (χ1v) is 9.32. The molecule has 3 aromatic rings. The smallest absolute Gasteiger partial charge is 0.0970 e. The van der Waals surface area contributed by atoms with Gasteiger partial charge in [-0.15, -0.1) is 11.3 Å². The summed E-state index contributed by atoms with van der Waals surface area (Å²) in [6.45, 7) is 3.58. The number of para-hydroxylation sites is 1. The van der Waals surface area contributed by atoms with Gasteiger partial charge in [0, 0.05) is 12.5 Å². The summed E-state index contributed by atoms with van der Waals surface area (Å²) >= 11 is 1.89. The summed E-state index contributed by atoms with van der Waals surface area (Å²) in [7, 11) is 0. The van der Waals surface area contributed by atoms with E-state index in [1.807, 2.05) is 11.3 Å². The topological polar surface area (TPSA) is 16.1 Å². The van der Waals surface area contributed by atoms with Crippen LogP contribution in [0.4, 0.5) is 0 Å². The van der Waals surface area contributed by atoms with Crippen LogP contribution in [0.1, 0.15) is 29.3 Å². The number of hydrogen-bond donors (Lipinski definition) is 0. The first-order valence-electron chi connectivity index (χ1n) is 8.50. The Bertz CT molecular complexity index is 724. The molecule has 0 bridgehead atoms. The molecule has 2 aromatic carbocycles. The van der Waals surface area contributed by atoms with Crippen molar-refractivity contribution < 1.29 is 0 Å². The summed E-state index contributed by atoms with van der Waals surface area (Å²) in [4.78, 5) is 7.46. The standard InChI is InChI=1S/C20H22N2S/c1-2-6-16(7-3-1)10-13-22-14-11-17(12-15-22)20-21-18-8-4-5-9-19(18)23-20/h1-9,17H,10-15H2. The Balaban J connectivity index is 1.33. The Morgan fingerprint density at radius 2 is 1.70 bits per heavy atom. The van der Waals surface area contributed by atoms with Crippen molar-refractivity contribution in [1.82, 2.24) is 9.88 Å². The lowest BCUT2D eigenvalue weighted by Crippen LogP contribution is -2.34. The normalized spacial score (nSPS) is 16.9. The lowest BCUT2D eigenvalue weighted by atomic mass is 9.97. The fraction of sp³-hybridized carbons (Fsp3) is 0.350. The molecular weight excluding hydrogens is 300 g/mol. The minimum Gasteiger partial charge on any atom is -0.303 e. The van der Waals surface area contributed by atoms with Crippen molar-refractivity contribution in [2.24, 2.45) is 0 Å². The van der Waals surface area contributed by atoms with Gasteiger partial charge in [0.15, 0.2) is 0 Å². The highest BCUT2D eigenvalue weighted by molar-refractivity contribution is 7.18. The van der Waals surface area contributed by atoms with Crippen molar-refractivity contribution in [2.75, 3.05) is 19.6 Å². The molecular formula is C20H22N2S. The van der Waals surface area contributed by atoms with Crippen molar-refractivity contribution >= 4 is 21.6 Å². The van der Waals surface area contributed by atoms with Crippen LogP contribution < -0.4 is 0 Å². The van der Waals surface area contributed by atoms with Crippen LogP contribution in [-0.4, -0.2) is 29.5 Å². The zero-order chi connectivity index (χ0) is 15.5. The highest BCUT2D eigenvalue weighted by atomic mass is 32.1. The molecule has 0 atom stereocenters. The summed E-state index contributed by atoms with van der Waals surface area (Å²) in [5.74, 6) is 0.653. The van der Waals surface area contributed by atoms with E-state index < -0.39 is 0 Å². The maximum atomic E-state index is 4.86. The predicted octanol–water partition coefficient (Wildman–Crippen LogP) is 4.72. The quantitative estimate of drug-likeness (QED) is 0.691. The Morgan fingerprint density at radius 1 is 0.957 bits per heavy atom. The molecule has 2 heterocycles. The van der Waals surface area contributed by atoms with Crippen molar-refractivity contribution in [3.63, 3.8) is 0 Å². The van der Waals surface area contributed by atoms with Gasteiger partial charge in [0.25, 0.3) is 0 Å². The van der Waals surface area contributed by atoms with Crippen LogP contribution in [0.5, 0.6) is 0 Å². The molecule has 0 radical (unpaired) electrons. The van der Waals surface area contributed by atoms with Crippen LogP contribution in [0.3, 0.4) is 0 Å². The average molecular weight is 322 g/mol. The first kappa shape index (κ1) is 14.9. The predicted molar refractivity (Wildman–Crippen MR) is 98.2 cm³/mol. The van der Waals surface area contributed by atoms with E-state index in [1.54, 1.807) is 0 Å². The van der Waals surface area contributed by atoms with Gasteiger partial charge in [0.2, 0.25) is 0 Å². The van der Waals surface area contributed by atoms with E-state index >= 15 is 0 Å². The van der Waals surface area contributed by atoms with E-state index in [2.05, 4.69) is 59.5 Å². The fourth-order valence-corrected chi connectivity index (χ4v) is 4.54. The van der Waals surface area contributed by atoms with Crippen molar-refractivity contribution in [3.8, 4) is 0 Å². The molecule has 0 N–H and O–H groups in total. The molecule has 118 valence electrons. The molecule has 1 aromatic heterocycles. The lowest BCUT2D eigenvalue weighted by Gasteiger charge is -2.31. The summed E-state index contributed by atoms with van der Waals surface area (Å²) in [6, 6.07) is 19.3. The van der Waals surface area contributed by atoms with Gasteiger partial charge >= 0.3 is 0 Å². The van der Waals surface area contributed by atoms with Crippen LogP contribution in [-0.2, 0) is 6.42 Å². The molecule has 0 amide bonds. The van der Waals surface area contributed by atoms with E-state index in [4.69, 9.17) is 4.98 Å². The summed E-state index contributed by atoms with van der Waals surface area (Å²) in [5.41, 5.74) is 2.61. The number of piperidine rings is 1. The molecule has 2 nitrogen and oxygen atoms in total. The molecule has 4 rings (SSSR count). The lowest BCUT2D eigenvalue weighted by molar-refractivity contribution is 0.214. The van der Waals surface area contributed by atoms with Crippen LogP contribution in [0.25, 0.3) is 10.2 Å². The van der Waals surface area contributed by atoms with Crippen molar-refractivity contribution in [1.29, 1.82) is 0 Å². The molecule has 0 unspecified atom stereocenters. The van der Waals surface area contributed by atoms with Gasteiger partial charge in [-0.05, 0) is 50.0 Å². The van der Waals surface area contributed by atoms with Crippen LogP contribution in [0, 0.1) is 0 Å². The minimum absolute atomic E-state index is 0.653. The van der Waals surface area contributed by atoms with Crippen molar-refractivity contribution in [3.05, 3.63) is 65.2 Å². The van der Waals surface area contributed by atoms with Crippen LogP contribution >= 0.6 is 11.3 Å². The zero-order valence-electron chi connectivity index (χ0n) is 13.3. The molecule has 1 saturated heterocycles. The molecule has 0 spiro atoms. The van der Waals surface area contributed by atoms with Gasteiger partial charge in [0.05, 0.1) is 15.2 Å². The largest absolute Gasteiger partial charge is 0.303 e. The summed E-state index contributed by atoms with van der Waals surface area (Å²) in [5, 5.41) is 1.34. The third kappa shape index (κ3) is 3.46. The van der Waals surface area contributed by atoms with Gasteiger partial charge in [-0.2, -0.15) is 0 Å². The van der Waals surface area contributed by atoms with Crippen LogP contribution in [0.15, 0.2) is 54.6 Å². The second-order valence-corrected chi connectivity index (χ2v) is 7.43. The monoisotopic (exact) mass is 322 g/mol. The third-order valence-corrected chi connectivity index (χ3v) is 6.01. The number of thiazole rings is 1. The highest BCUT2D eigenvalue weighted by Gasteiger charge is 2.23. The number of hydrogen-bond acceptors (Lipinski definition) is 3. The molecule has 1 aliphatic rings. The number of aromatic nitrogens is 1. The summed E-state index contributed by atoms with van der Waals surface area (Å²) < 4.78 is 1.33. The maximum Gasteiger partial charge on any atom is 0.0970 e. The van der Waals surface area contributed by atoms with Crippen LogP contribution in [0.2, 0.25) is 0 Å². The molecule has 23 heavy (non-hydrogen) atoms. The van der Waals surface area contributed by atoms with Gasteiger partial charge in [-0.25, -0.2) is 4.98 Å². The van der Waals surface area contributed by atoms with Gasteiger partial charge < -0.3 is 4.90 Å². The number of benzene rings is 2. The van der Waals surface area contributed by atoms with E-state index in [9.17, 15) is 0 Å². The number of likely N-dealkylation sites (tertiary alicyclic amines) is 1. The Morgan fingerprint density at radius 3 is 2.48 bits per heavy atom. The Labute approximate surface area is 141 Å². The summed E-state index contributed by atoms with van der Waals surface area (Å²) in [6.07, 6.45) is 3.65. The third-order valence-electron chi connectivity index (χ3n) is 4.81. The van der Waals surface area contributed by atoms with Gasteiger partial charge in [-0.3, -0.25) is 0 Å². The zero-order valence-corrected chi connectivity index (χ0v) is 14.1. The highest BCUT2D eigenvalue weighted by Crippen LogP contribution is 2.33. The molecule has 1 aliphatic heterocycles.